The molecular formula is C22H34IN5O2. The maximum absolute atomic E-state index is 12.4. The highest BCUT2D eigenvalue weighted by atomic mass is 127. The zero-order valence-electron chi connectivity index (χ0n) is 18.3. The van der Waals surface area contributed by atoms with Gasteiger partial charge in [-0.2, -0.15) is 0 Å². The zero-order valence-corrected chi connectivity index (χ0v) is 20.6. The van der Waals surface area contributed by atoms with Crippen LogP contribution in [0.2, 0.25) is 0 Å². The SMILES string of the molecule is CCN1CCCC1CN(C)C(=NC)NCCCCN1C(=O)c2ccccc2C1=O.I. The van der Waals surface area contributed by atoms with Crippen LogP contribution < -0.4 is 5.32 Å². The van der Waals surface area contributed by atoms with Crippen molar-refractivity contribution in [2.75, 3.05) is 46.8 Å². The minimum Gasteiger partial charge on any atom is -0.356 e. The van der Waals surface area contributed by atoms with Crippen LogP contribution in [0.4, 0.5) is 0 Å². The van der Waals surface area contributed by atoms with Crippen LogP contribution in [0, 0.1) is 0 Å². The summed E-state index contributed by atoms with van der Waals surface area (Å²) in [5, 5.41) is 3.41. The smallest absolute Gasteiger partial charge is 0.261 e. The Hall–Kier alpha value is -1.68. The molecule has 1 fully saturated rings. The number of aliphatic imine (C=N–C) groups is 1. The van der Waals surface area contributed by atoms with Crippen LogP contribution in [0.1, 0.15) is 53.3 Å². The number of carbonyl (C=O) groups excluding carboxylic acids is 2. The summed E-state index contributed by atoms with van der Waals surface area (Å²) in [5.74, 6) is 0.547. The molecule has 0 spiro atoms. The van der Waals surface area contributed by atoms with Gasteiger partial charge in [0.25, 0.3) is 11.8 Å². The summed E-state index contributed by atoms with van der Waals surface area (Å²) >= 11 is 0. The molecule has 0 aromatic heterocycles. The van der Waals surface area contributed by atoms with Crippen LogP contribution >= 0.6 is 24.0 Å². The summed E-state index contributed by atoms with van der Waals surface area (Å²) in [6.45, 7) is 6.71. The van der Waals surface area contributed by atoms with E-state index in [0.29, 0.717) is 23.7 Å². The standard InChI is InChI=1S/C22H33N5O2.HI/c1-4-26-14-9-10-17(26)16-25(3)22(23-2)24-13-7-8-15-27-20(28)18-11-5-6-12-19(18)21(27)29;/h5-6,11-12,17H,4,7-10,13-16H2,1-3H3,(H,23,24);1H. The topological polar surface area (TPSA) is 68.2 Å². The van der Waals surface area contributed by atoms with Crippen LogP contribution in [0.25, 0.3) is 0 Å². The largest absolute Gasteiger partial charge is 0.356 e. The molecule has 0 aliphatic carbocycles. The van der Waals surface area contributed by atoms with Gasteiger partial charge in [0.2, 0.25) is 0 Å². The Balaban J connectivity index is 0.00000320. The van der Waals surface area contributed by atoms with E-state index in [1.807, 2.05) is 7.05 Å². The normalized spacial score (nSPS) is 19.1. The van der Waals surface area contributed by atoms with Gasteiger partial charge in [0.1, 0.15) is 0 Å². The van der Waals surface area contributed by atoms with Gasteiger partial charge in [-0.15, -0.1) is 24.0 Å². The fourth-order valence-electron chi connectivity index (χ4n) is 4.34. The first-order chi connectivity index (χ1) is 14.1. The third-order valence-corrected chi connectivity index (χ3v) is 5.93. The number of nitrogens with zero attached hydrogens (tertiary/aromatic N) is 4. The number of unbranched alkanes of at least 4 members (excludes halogenated alkanes) is 1. The molecule has 1 unspecified atom stereocenters. The number of carbonyl (C=O) groups is 2. The molecule has 1 atom stereocenters. The third kappa shape index (κ3) is 5.51. The average Bonchev–Trinajstić information content (AvgIpc) is 3.28. The second kappa shape index (κ2) is 11.6. The summed E-state index contributed by atoms with van der Waals surface area (Å²) in [7, 11) is 3.89. The van der Waals surface area contributed by atoms with Crippen LogP contribution in [0.5, 0.6) is 0 Å². The van der Waals surface area contributed by atoms with E-state index in [1.165, 1.54) is 24.3 Å². The van der Waals surface area contributed by atoms with Gasteiger partial charge in [-0.25, -0.2) is 0 Å². The Bertz CT molecular complexity index is 735. The molecule has 3 rings (SSSR count). The van der Waals surface area contributed by atoms with E-state index in [2.05, 4.69) is 34.1 Å². The van der Waals surface area contributed by atoms with Gasteiger partial charge in [-0.3, -0.25) is 24.4 Å². The minimum atomic E-state index is -0.175. The van der Waals surface area contributed by atoms with Crippen molar-refractivity contribution >= 4 is 41.8 Å². The maximum atomic E-state index is 12.4. The number of nitrogens with one attached hydrogen (secondary N) is 1. The molecule has 30 heavy (non-hydrogen) atoms. The molecule has 1 saturated heterocycles. The van der Waals surface area contributed by atoms with Gasteiger partial charge in [0.15, 0.2) is 5.96 Å². The Morgan fingerprint density at radius 2 is 1.87 bits per heavy atom. The van der Waals surface area contributed by atoms with Crippen molar-refractivity contribution in [1.82, 2.24) is 20.0 Å². The summed E-state index contributed by atoms with van der Waals surface area (Å²) in [6, 6.07) is 7.63. The van der Waals surface area contributed by atoms with Crippen LogP contribution in [-0.4, -0.2) is 85.3 Å². The first-order valence-electron chi connectivity index (χ1n) is 10.7. The van der Waals surface area contributed by atoms with E-state index in [1.54, 1.807) is 24.3 Å². The van der Waals surface area contributed by atoms with E-state index in [0.717, 1.165) is 38.4 Å². The number of fused-ring (bicyclic) bond motifs is 1. The maximum Gasteiger partial charge on any atom is 0.261 e. The first-order valence-corrected chi connectivity index (χ1v) is 10.7. The number of hydrogen-bond donors (Lipinski definition) is 1. The number of guanidine groups is 1. The number of benzene rings is 1. The molecule has 0 radical (unpaired) electrons. The number of amides is 2. The molecule has 1 aromatic rings. The zero-order chi connectivity index (χ0) is 20.8. The van der Waals surface area contributed by atoms with E-state index in [9.17, 15) is 9.59 Å². The van der Waals surface area contributed by atoms with E-state index in [-0.39, 0.29) is 35.8 Å². The van der Waals surface area contributed by atoms with Gasteiger partial charge in [0, 0.05) is 39.8 Å². The fourth-order valence-corrected chi connectivity index (χ4v) is 4.34. The van der Waals surface area contributed by atoms with E-state index >= 15 is 0 Å². The lowest BCUT2D eigenvalue weighted by molar-refractivity contribution is 0.0652. The average molecular weight is 527 g/mol. The van der Waals surface area contributed by atoms with Gasteiger partial charge >= 0.3 is 0 Å². The lowest BCUT2D eigenvalue weighted by atomic mass is 10.1. The number of hydrogen-bond acceptors (Lipinski definition) is 4. The predicted molar refractivity (Wildman–Crippen MR) is 131 cm³/mol. The van der Waals surface area contributed by atoms with Gasteiger partial charge in [0.05, 0.1) is 11.1 Å². The van der Waals surface area contributed by atoms with Crippen LogP contribution in [-0.2, 0) is 0 Å². The van der Waals surface area contributed by atoms with Crippen molar-refractivity contribution in [3.63, 3.8) is 0 Å². The predicted octanol–water partition coefficient (Wildman–Crippen LogP) is 2.67. The van der Waals surface area contributed by atoms with Crippen molar-refractivity contribution in [3.8, 4) is 0 Å². The Kier molecular flexibility index (Phi) is 9.54. The van der Waals surface area contributed by atoms with Gasteiger partial charge < -0.3 is 10.2 Å². The summed E-state index contributed by atoms with van der Waals surface area (Å²) in [6.07, 6.45) is 4.15. The second-order valence-electron chi connectivity index (χ2n) is 7.79. The Morgan fingerprint density at radius 1 is 1.20 bits per heavy atom. The third-order valence-electron chi connectivity index (χ3n) is 5.93. The molecule has 8 heteroatoms. The summed E-state index contributed by atoms with van der Waals surface area (Å²) in [4.78, 5) is 35.3. The molecule has 2 aliphatic rings. The number of rotatable bonds is 8. The lowest BCUT2D eigenvalue weighted by Gasteiger charge is -2.29. The molecule has 0 bridgehead atoms. The fraction of sp³-hybridized carbons (Fsp3) is 0.591. The summed E-state index contributed by atoms with van der Waals surface area (Å²) in [5.41, 5.74) is 1.04. The molecule has 2 heterocycles. The van der Waals surface area contributed by atoms with Gasteiger partial charge in [-0.1, -0.05) is 19.1 Å². The molecule has 2 aliphatic heterocycles. The van der Waals surface area contributed by atoms with Crippen molar-refractivity contribution < 1.29 is 9.59 Å². The molecule has 1 aromatic carbocycles. The second-order valence-corrected chi connectivity index (χ2v) is 7.79. The highest BCUT2D eigenvalue weighted by molar-refractivity contribution is 14.0. The molecule has 2 amide bonds. The van der Waals surface area contributed by atoms with Crippen molar-refractivity contribution in [1.29, 1.82) is 0 Å². The number of likely N-dealkylation sites (N-methyl/N-ethyl adjacent to an activating group) is 2. The molecule has 0 saturated carbocycles. The quantitative estimate of drug-likeness (QED) is 0.185. The summed E-state index contributed by atoms with van der Waals surface area (Å²) < 4.78 is 0. The number of likely N-dealkylation sites (tertiary alicyclic amines) is 1. The van der Waals surface area contributed by atoms with Crippen LogP contribution in [0.15, 0.2) is 29.3 Å². The molecule has 7 nitrogen and oxygen atoms in total. The number of halogens is 1. The Labute approximate surface area is 196 Å². The highest BCUT2D eigenvalue weighted by Crippen LogP contribution is 2.22. The minimum absolute atomic E-state index is 0. The van der Waals surface area contributed by atoms with Gasteiger partial charge in [-0.05, 0) is 50.9 Å². The van der Waals surface area contributed by atoms with Crippen LogP contribution in [0.3, 0.4) is 0 Å². The van der Waals surface area contributed by atoms with E-state index < -0.39 is 0 Å². The Morgan fingerprint density at radius 3 is 2.47 bits per heavy atom. The number of imide groups is 1. The van der Waals surface area contributed by atoms with Crippen molar-refractivity contribution in [2.24, 2.45) is 4.99 Å². The lowest BCUT2D eigenvalue weighted by Crippen LogP contribution is -2.46. The molecule has 1 N–H and O–H groups in total. The first kappa shape index (κ1) is 24.6. The van der Waals surface area contributed by atoms with Crippen molar-refractivity contribution in [2.45, 2.75) is 38.6 Å². The molecular weight excluding hydrogens is 493 g/mol. The molecule has 166 valence electrons. The highest BCUT2D eigenvalue weighted by Gasteiger charge is 2.34. The monoisotopic (exact) mass is 527 g/mol. The van der Waals surface area contributed by atoms with Crippen molar-refractivity contribution in [3.05, 3.63) is 35.4 Å². The van der Waals surface area contributed by atoms with E-state index in [4.69, 9.17) is 0 Å².